The van der Waals surface area contributed by atoms with Crippen molar-refractivity contribution in [1.29, 1.82) is 0 Å². The van der Waals surface area contributed by atoms with Crippen LogP contribution in [0.5, 0.6) is 5.75 Å². The maximum absolute atomic E-state index is 5.49. The van der Waals surface area contributed by atoms with Gasteiger partial charge in [-0.2, -0.15) is 8.75 Å². The average molecular weight is 417 g/mol. The third-order valence-corrected chi connectivity index (χ3v) is 5.57. The van der Waals surface area contributed by atoms with Crippen molar-refractivity contribution in [3.05, 3.63) is 77.4 Å². The van der Waals surface area contributed by atoms with Crippen LogP contribution in [0.3, 0.4) is 0 Å². The number of benzene rings is 2. The van der Waals surface area contributed by atoms with Crippen LogP contribution in [0.1, 0.15) is 18.1 Å². The standard InChI is InChI=1S/C24H24N4OS/c1-5-25-18-10-6-16(7-11-18)22(17-8-12-19(13-9-17)28(2)3)20-14-15-21(29-4)24-23(20)26-30-27-24/h6-15H,5H2,1-4H3. The van der Waals surface area contributed by atoms with Crippen LogP contribution in [0.25, 0.3) is 16.6 Å². The van der Waals surface area contributed by atoms with E-state index in [0.717, 1.165) is 57.0 Å². The minimum atomic E-state index is 0.738. The quantitative estimate of drug-likeness (QED) is 0.577. The highest BCUT2D eigenvalue weighted by atomic mass is 32.1. The van der Waals surface area contributed by atoms with Gasteiger partial charge in [-0.1, -0.05) is 24.3 Å². The summed E-state index contributed by atoms with van der Waals surface area (Å²) in [4.78, 5) is 6.59. The maximum Gasteiger partial charge on any atom is 0.147 e. The number of anilines is 1. The van der Waals surface area contributed by atoms with Crippen LogP contribution in [0.4, 0.5) is 5.69 Å². The van der Waals surface area contributed by atoms with E-state index in [0.29, 0.717) is 0 Å². The highest BCUT2D eigenvalue weighted by molar-refractivity contribution is 7.00. The van der Waals surface area contributed by atoms with Gasteiger partial charge < -0.3 is 9.64 Å². The molecule has 0 saturated heterocycles. The molecule has 0 radical (unpaired) electrons. The number of fused-ring (bicyclic) bond motifs is 1. The molecule has 0 fully saturated rings. The van der Waals surface area contributed by atoms with E-state index in [2.05, 4.69) is 73.3 Å². The van der Waals surface area contributed by atoms with E-state index in [-0.39, 0.29) is 0 Å². The molecule has 0 saturated carbocycles. The number of aliphatic imine (C=N–C) groups is 1. The van der Waals surface area contributed by atoms with Crippen LogP contribution in [0.2, 0.25) is 0 Å². The molecule has 0 atom stereocenters. The molecule has 1 aromatic heterocycles. The van der Waals surface area contributed by atoms with Crippen molar-refractivity contribution in [2.24, 2.45) is 4.99 Å². The predicted octanol–water partition coefficient (Wildman–Crippen LogP) is 5.15. The second kappa shape index (κ2) is 8.63. The Balaban J connectivity index is 1.93. The van der Waals surface area contributed by atoms with E-state index in [9.17, 15) is 0 Å². The lowest BCUT2D eigenvalue weighted by atomic mass is 9.90. The van der Waals surface area contributed by atoms with Gasteiger partial charge in [-0.15, -0.1) is 0 Å². The van der Waals surface area contributed by atoms with Gasteiger partial charge in [0, 0.05) is 31.9 Å². The summed E-state index contributed by atoms with van der Waals surface area (Å²) in [6, 6.07) is 12.6. The van der Waals surface area contributed by atoms with Gasteiger partial charge >= 0.3 is 0 Å². The van der Waals surface area contributed by atoms with Crippen molar-refractivity contribution in [3.8, 4) is 5.75 Å². The van der Waals surface area contributed by atoms with Crippen molar-refractivity contribution in [2.75, 3.05) is 32.6 Å². The van der Waals surface area contributed by atoms with Gasteiger partial charge in [-0.05, 0) is 60.1 Å². The van der Waals surface area contributed by atoms with Crippen molar-refractivity contribution in [2.45, 2.75) is 6.92 Å². The highest BCUT2D eigenvalue weighted by Crippen LogP contribution is 2.37. The lowest BCUT2D eigenvalue weighted by molar-refractivity contribution is 0.419. The SMILES string of the molecule is CCN=C1C=CC(=C(c2ccc(N(C)C)cc2)c2ccc(OC)c3nsnc23)C=C1. The fraction of sp³-hybridized carbons (Fsp3) is 0.208. The minimum Gasteiger partial charge on any atom is -0.494 e. The van der Waals surface area contributed by atoms with Crippen LogP contribution in [-0.4, -0.2) is 42.2 Å². The zero-order chi connectivity index (χ0) is 21.1. The molecular formula is C24H24N4OS. The Bertz CT molecular complexity index is 1170. The number of ether oxygens (including phenoxy) is 1. The number of methoxy groups -OCH3 is 1. The molecule has 30 heavy (non-hydrogen) atoms. The van der Waals surface area contributed by atoms with E-state index >= 15 is 0 Å². The van der Waals surface area contributed by atoms with E-state index in [1.165, 1.54) is 11.7 Å². The van der Waals surface area contributed by atoms with Crippen molar-refractivity contribution in [3.63, 3.8) is 0 Å². The topological polar surface area (TPSA) is 50.6 Å². The van der Waals surface area contributed by atoms with Gasteiger partial charge in [0.15, 0.2) is 0 Å². The summed E-state index contributed by atoms with van der Waals surface area (Å²) in [7, 11) is 5.75. The summed E-state index contributed by atoms with van der Waals surface area (Å²) in [5.41, 5.74) is 8.18. The maximum atomic E-state index is 5.49. The van der Waals surface area contributed by atoms with Gasteiger partial charge in [0.1, 0.15) is 16.8 Å². The van der Waals surface area contributed by atoms with Gasteiger partial charge in [0.05, 0.1) is 24.5 Å². The van der Waals surface area contributed by atoms with Crippen molar-refractivity contribution < 1.29 is 4.74 Å². The summed E-state index contributed by atoms with van der Waals surface area (Å²) < 4.78 is 14.6. The molecular weight excluding hydrogens is 392 g/mol. The molecule has 0 unspecified atom stereocenters. The molecule has 2 aromatic carbocycles. The number of aromatic nitrogens is 2. The summed E-state index contributed by atoms with van der Waals surface area (Å²) in [6.45, 7) is 2.81. The first-order valence-electron chi connectivity index (χ1n) is 9.84. The zero-order valence-corrected chi connectivity index (χ0v) is 18.4. The Labute approximate surface area is 181 Å². The molecule has 0 N–H and O–H groups in total. The molecule has 5 nitrogen and oxygen atoms in total. The number of allylic oxidation sites excluding steroid dienone is 5. The molecule has 1 heterocycles. The first-order chi connectivity index (χ1) is 14.6. The number of hydrogen-bond acceptors (Lipinski definition) is 6. The zero-order valence-electron chi connectivity index (χ0n) is 17.6. The third kappa shape index (κ3) is 3.78. The number of nitrogens with zero attached hydrogens (tertiary/aromatic N) is 4. The molecule has 1 aliphatic rings. The molecule has 0 amide bonds. The lowest BCUT2D eigenvalue weighted by Crippen LogP contribution is -2.08. The van der Waals surface area contributed by atoms with Gasteiger partial charge in [-0.25, -0.2) is 0 Å². The second-order valence-corrected chi connectivity index (χ2v) is 7.64. The minimum absolute atomic E-state index is 0.738. The lowest BCUT2D eigenvalue weighted by Gasteiger charge is -2.17. The average Bonchev–Trinajstić information content (AvgIpc) is 3.26. The molecule has 4 rings (SSSR count). The van der Waals surface area contributed by atoms with E-state index in [1.807, 2.05) is 27.1 Å². The van der Waals surface area contributed by atoms with E-state index in [1.54, 1.807) is 7.11 Å². The van der Waals surface area contributed by atoms with Gasteiger partial charge in [-0.3, -0.25) is 4.99 Å². The Morgan fingerprint density at radius 3 is 2.30 bits per heavy atom. The summed E-state index contributed by atoms with van der Waals surface area (Å²) in [5.74, 6) is 0.738. The summed E-state index contributed by atoms with van der Waals surface area (Å²) in [6.07, 6.45) is 8.37. The summed E-state index contributed by atoms with van der Waals surface area (Å²) in [5, 5.41) is 0. The van der Waals surface area contributed by atoms with Gasteiger partial charge in [0.2, 0.25) is 0 Å². The van der Waals surface area contributed by atoms with Gasteiger partial charge in [0.25, 0.3) is 0 Å². The molecule has 3 aromatic rings. The Kier molecular flexibility index (Phi) is 5.77. The van der Waals surface area contributed by atoms with Crippen LogP contribution in [0, 0.1) is 0 Å². The Hall–Kier alpha value is -3.25. The highest BCUT2D eigenvalue weighted by Gasteiger charge is 2.18. The monoisotopic (exact) mass is 416 g/mol. The second-order valence-electron chi connectivity index (χ2n) is 7.11. The normalized spacial score (nSPS) is 13.1. The fourth-order valence-electron chi connectivity index (χ4n) is 3.53. The molecule has 152 valence electrons. The Morgan fingerprint density at radius 2 is 1.67 bits per heavy atom. The predicted molar refractivity (Wildman–Crippen MR) is 127 cm³/mol. The first-order valence-corrected chi connectivity index (χ1v) is 10.6. The van der Waals surface area contributed by atoms with Crippen LogP contribution < -0.4 is 9.64 Å². The van der Waals surface area contributed by atoms with Crippen molar-refractivity contribution in [1.82, 2.24) is 8.75 Å². The van der Waals surface area contributed by atoms with Crippen LogP contribution in [0.15, 0.2) is 71.3 Å². The molecule has 0 bridgehead atoms. The van der Waals surface area contributed by atoms with Crippen molar-refractivity contribution >= 4 is 39.7 Å². The number of hydrogen-bond donors (Lipinski definition) is 0. The molecule has 1 aliphatic carbocycles. The molecule has 0 aliphatic heterocycles. The third-order valence-electron chi connectivity index (χ3n) is 5.04. The molecule has 0 spiro atoms. The molecule has 6 heteroatoms. The van der Waals surface area contributed by atoms with E-state index < -0.39 is 0 Å². The first kappa shape index (κ1) is 20.0. The smallest absolute Gasteiger partial charge is 0.147 e. The van der Waals surface area contributed by atoms with E-state index in [4.69, 9.17) is 4.74 Å². The van der Waals surface area contributed by atoms with Crippen LogP contribution in [-0.2, 0) is 0 Å². The Morgan fingerprint density at radius 1 is 0.967 bits per heavy atom. The number of rotatable bonds is 5. The summed E-state index contributed by atoms with van der Waals surface area (Å²) >= 11 is 1.20. The largest absolute Gasteiger partial charge is 0.494 e. The van der Waals surface area contributed by atoms with Crippen LogP contribution >= 0.6 is 11.7 Å². The fourth-order valence-corrected chi connectivity index (χ4v) is 4.10.